The molecule has 0 heterocycles. The van der Waals surface area contributed by atoms with E-state index in [1.165, 1.54) is 205 Å². The second-order valence-corrected chi connectivity index (χ2v) is 24.4. The van der Waals surface area contributed by atoms with Gasteiger partial charge < -0.3 is 4.23 Å². The maximum Gasteiger partial charge on any atom is 0.111 e. The summed E-state index contributed by atoms with van der Waals surface area (Å²) < 4.78 is 2.98. The minimum absolute atomic E-state index is 0.744. The van der Waals surface area contributed by atoms with Crippen molar-refractivity contribution in [2.45, 2.75) is 251 Å². The number of unbranched alkanes of at least 4 members (excludes halogenated alkanes) is 30. The van der Waals surface area contributed by atoms with Crippen LogP contribution in [0.3, 0.4) is 0 Å². The van der Waals surface area contributed by atoms with E-state index in [2.05, 4.69) is 44.8 Å². The third-order valence-corrected chi connectivity index (χ3v) is 19.2. The zero-order chi connectivity index (χ0) is 31.7. The zero-order valence-corrected chi connectivity index (χ0v) is 33.7. The smallest absolute Gasteiger partial charge is 0.111 e. The molecule has 0 aromatic rings. The van der Waals surface area contributed by atoms with Crippen molar-refractivity contribution in [3.63, 3.8) is 0 Å². The van der Waals surface area contributed by atoms with Gasteiger partial charge in [-0.2, -0.15) is 0 Å². The predicted molar refractivity (Wildman–Crippen MR) is 207 cm³/mol. The fraction of sp³-hybridized carbons (Fsp3) is 1.00. The Balaban J connectivity index is 3.70. The van der Waals surface area contributed by atoms with Crippen LogP contribution in [0.5, 0.6) is 0 Å². The molecule has 0 aromatic carbocycles. The lowest BCUT2D eigenvalue weighted by Crippen LogP contribution is -2.51. The first-order valence-corrected chi connectivity index (χ1v) is 26.3. The Hall–Kier alpha value is 0.394. The molecule has 0 radical (unpaired) electrons. The van der Waals surface area contributed by atoms with Crippen LogP contribution in [0.4, 0.5) is 0 Å². The van der Waals surface area contributed by atoms with Crippen LogP contribution in [0.15, 0.2) is 0 Å². The topological polar surface area (TPSA) is 3.24 Å². The summed E-state index contributed by atoms with van der Waals surface area (Å²) in [5, 5.41) is 0. The molecule has 0 rings (SSSR count). The van der Waals surface area contributed by atoms with Gasteiger partial charge in [0.2, 0.25) is 0 Å². The van der Waals surface area contributed by atoms with Crippen molar-refractivity contribution < 1.29 is 0 Å². The molecule has 0 saturated carbocycles. The molecule has 1 nitrogen and oxygen atoms in total. The average molecular weight is 638 g/mol. The average Bonchev–Trinajstić information content (AvgIpc) is 2.98. The fourth-order valence-electron chi connectivity index (χ4n) is 6.94. The maximum absolute atomic E-state index is 2.98. The Morgan fingerprint density at radius 3 is 0.698 bits per heavy atom. The van der Waals surface area contributed by atoms with Crippen molar-refractivity contribution in [1.82, 2.24) is 4.23 Å². The second kappa shape index (κ2) is 33.7. The molecule has 260 valence electrons. The lowest BCUT2D eigenvalue weighted by Gasteiger charge is -2.37. The zero-order valence-electron chi connectivity index (χ0n) is 31.6. The van der Waals surface area contributed by atoms with Crippen LogP contribution < -0.4 is 0 Å². The van der Waals surface area contributed by atoms with Crippen LogP contribution in [0.25, 0.3) is 0 Å². The van der Waals surface area contributed by atoms with Gasteiger partial charge in [0.25, 0.3) is 0 Å². The summed E-state index contributed by atoms with van der Waals surface area (Å²) in [5.74, 6) is 0. The first-order chi connectivity index (χ1) is 20.9. The fourth-order valence-corrected chi connectivity index (χ4v) is 14.7. The SMILES string of the molecule is CCCCCCCCCCCCCCCCCC[SiH](CCCCCCCCCCCCCCCCCC)N(C)[Si](C)(C)C. The summed E-state index contributed by atoms with van der Waals surface area (Å²) in [5.41, 5.74) is 0. The molecular weight excluding hydrogens is 551 g/mol. The molecule has 0 bridgehead atoms. The molecule has 0 aliphatic carbocycles. The molecular formula is C40H87NSi2. The van der Waals surface area contributed by atoms with E-state index in [1.54, 1.807) is 12.1 Å². The van der Waals surface area contributed by atoms with E-state index in [1.807, 2.05) is 0 Å². The normalized spacial score (nSPS) is 12.3. The number of hydrogen-bond donors (Lipinski definition) is 0. The van der Waals surface area contributed by atoms with Gasteiger partial charge >= 0.3 is 0 Å². The first kappa shape index (κ1) is 43.4. The molecule has 43 heavy (non-hydrogen) atoms. The third kappa shape index (κ3) is 32.1. The Kier molecular flexibility index (Phi) is 34.1. The van der Waals surface area contributed by atoms with Gasteiger partial charge in [-0.15, -0.1) is 0 Å². The van der Waals surface area contributed by atoms with Crippen LogP contribution in [-0.4, -0.2) is 28.5 Å². The molecule has 0 fully saturated rings. The van der Waals surface area contributed by atoms with Gasteiger partial charge in [-0.05, 0) is 19.1 Å². The van der Waals surface area contributed by atoms with E-state index in [0.29, 0.717) is 0 Å². The summed E-state index contributed by atoms with van der Waals surface area (Å²) in [7, 11) is 0.622. The summed E-state index contributed by atoms with van der Waals surface area (Å²) in [6.07, 6.45) is 47.4. The quantitative estimate of drug-likeness (QED) is 0.0488. The molecule has 0 N–H and O–H groups in total. The van der Waals surface area contributed by atoms with E-state index in [4.69, 9.17) is 0 Å². The predicted octanol–water partition coefficient (Wildman–Crippen LogP) is 15.0. The number of rotatable bonds is 36. The minimum Gasteiger partial charge on any atom is -0.351 e. The van der Waals surface area contributed by atoms with Crippen molar-refractivity contribution in [2.24, 2.45) is 0 Å². The molecule has 0 saturated heterocycles. The number of nitrogens with zero attached hydrogens (tertiary/aromatic N) is 1. The van der Waals surface area contributed by atoms with Crippen LogP contribution in [0.2, 0.25) is 31.7 Å². The molecule has 0 unspecified atom stereocenters. The van der Waals surface area contributed by atoms with E-state index < -0.39 is 17.2 Å². The summed E-state index contributed by atoms with van der Waals surface area (Å²) in [4.78, 5) is 0. The van der Waals surface area contributed by atoms with E-state index in [0.717, 1.165) is 0 Å². The highest BCUT2D eigenvalue weighted by atomic mass is 28.4. The van der Waals surface area contributed by atoms with Gasteiger partial charge in [-0.3, -0.25) is 0 Å². The van der Waals surface area contributed by atoms with Crippen LogP contribution in [0, 0.1) is 0 Å². The molecule has 0 aromatic heterocycles. The molecule has 0 spiro atoms. The minimum atomic E-state index is -1.15. The van der Waals surface area contributed by atoms with Gasteiger partial charge in [0.15, 0.2) is 0 Å². The summed E-state index contributed by atoms with van der Waals surface area (Å²) in [6, 6.07) is 3.16. The summed E-state index contributed by atoms with van der Waals surface area (Å²) >= 11 is 0. The maximum atomic E-state index is 2.98. The highest BCUT2D eigenvalue weighted by Crippen LogP contribution is 2.22. The van der Waals surface area contributed by atoms with E-state index in [-0.39, 0.29) is 0 Å². The lowest BCUT2D eigenvalue weighted by molar-refractivity contribution is 0.530. The van der Waals surface area contributed by atoms with Gasteiger partial charge in [0.05, 0.1) is 0 Å². The molecule has 0 atom stereocenters. The standard InChI is InChI=1S/C40H87NSi2/c1-7-9-11-13-15-17-19-21-23-25-27-29-31-33-35-37-39-42(41(3)43(4,5)6)40-38-36-34-32-30-28-26-24-22-20-18-16-14-12-10-8-2/h42H,7-40H2,1-6H3. The summed E-state index contributed by atoms with van der Waals surface area (Å²) in [6.45, 7) is 12.4. The number of hydrogen-bond acceptors (Lipinski definition) is 1. The van der Waals surface area contributed by atoms with Crippen LogP contribution in [0.1, 0.15) is 219 Å². The molecule has 0 amide bonds. The Labute approximate surface area is 278 Å². The van der Waals surface area contributed by atoms with Crippen LogP contribution in [-0.2, 0) is 0 Å². The Morgan fingerprint density at radius 2 is 0.512 bits per heavy atom. The first-order valence-electron chi connectivity index (χ1n) is 20.7. The van der Waals surface area contributed by atoms with Gasteiger partial charge in [0, 0.05) is 0 Å². The van der Waals surface area contributed by atoms with Crippen molar-refractivity contribution in [1.29, 1.82) is 0 Å². The van der Waals surface area contributed by atoms with Gasteiger partial charge in [0.1, 0.15) is 17.2 Å². The van der Waals surface area contributed by atoms with Crippen molar-refractivity contribution >= 4 is 17.2 Å². The Morgan fingerprint density at radius 1 is 0.326 bits per heavy atom. The second-order valence-electron chi connectivity index (χ2n) is 15.6. The lowest BCUT2D eigenvalue weighted by atomic mass is 10.0. The molecule has 0 aliphatic rings. The van der Waals surface area contributed by atoms with Gasteiger partial charge in [-0.1, -0.05) is 239 Å². The largest absolute Gasteiger partial charge is 0.351 e. The molecule has 3 heteroatoms. The third-order valence-electron chi connectivity index (χ3n) is 10.4. The molecule has 0 aliphatic heterocycles. The van der Waals surface area contributed by atoms with E-state index in [9.17, 15) is 0 Å². The highest BCUT2D eigenvalue weighted by molar-refractivity contribution is 6.83. The van der Waals surface area contributed by atoms with E-state index >= 15 is 0 Å². The Bertz CT molecular complexity index is 481. The van der Waals surface area contributed by atoms with Crippen molar-refractivity contribution in [3.05, 3.63) is 0 Å². The van der Waals surface area contributed by atoms with Crippen LogP contribution >= 0.6 is 0 Å². The monoisotopic (exact) mass is 638 g/mol. The van der Waals surface area contributed by atoms with Crippen molar-refractivity contribution in [2.75, 3.05) is 7.05 Å². The highest BCUT2D eigenvalue weighted by Gasteiger charge is 2.27. The van der Waals surface area contributed by atoms with Crippen molar-refractivity contribution in [3.8, 4) is 0 Å². The van der Waals surface area contributed by atoms with Gasteiger partial charge in [-0.25, -0.2) is 0 Å².